The number of hydrogen-bond donors (Lipinski definition) is 1. The van der Waals surface area contributed by atoms with Crippen LogP contribution in [-0.2, 0) is 0 Å². The number of nitrogens with zero attached hydrogens (tertiary/aromatic N) is 4. The maximum absolute atomic E-state index is 12.0. The van der Waals surface area contributed by atoms with Crippen molar-refractivity contribution < 1.29 is 9.72 Å². The molecule has 2 heterocycles. The normalized spacial score (nSPS) is 10.8. The van der Waals surface area contributed by atoms with Crippen molar-refractivity contribution in [2.75, 3.05) is 5.32 Å². The van der Waals surface area contributed by atoms with Crippen LogP contribution in [0, 0.1) is 10.1 Å². The van der Waals surface area contributed by atoms with Crippen molar-refractivity contribution >= 4 is 50.1 Å². The lowest BCUT2D eigenvalue weighted by Gasteiger charge is -1.99. The molecule has 0 atom stereocenters. The van der Waals surface area contributed by atoms with Crippen molar-refractivity contribution in [3.05, 3.63) is 63.0 Å². The summed E-state index contributed by atoms with van der Waals surface area (Å²) in [5.41, 5.74) is 0.517. The SMILES string of the molecule is O=C(Nc1nnc(/N=C/c2ccc([N+](=O)[O-])s2)s1)c1ccccc1. The molecule has 0 unspecified atom stereocenters. The van der Waals surface area contributed by atoms with E-state index in [9.17, 15) is 14.9 Å². The number of benzene rings is 1. The number of nitro groups is 1. The number of aliphatic imine (C=N–C) groups is 1. The van der Waals surface area contributed by atoms with Crippen molar-refractivity contribution in [1.82, 2.24) is 10.2 Å². The highest BCUT2D eigenvalue weighted by Gasteiger charge is 2.10. The highest BCUT2D eigenvalue weighted by atomic mass is 32.1. The van der Waals surface area contributed by atoms with Crippen LogP contribution >= 0.6 is 22.7 Å². The maximum atomic E-state index is 12.0. The van der Waals surface area contributed by atoms with E-state index >= 15 is 0 Å². The molecule has 24 heavy (non-hydrogen) atoms. The van der Waals surface area contributed by atoms with E-state index in [1.54, 1.807) is 30.3 Å². The fraction of sp³-hybridized carbons (Fsp3) is 0. The summed E-state index contributed by atoms with van der Waals surface area (Å²) in [5.74, 6) is -0.281. The molecule has 0 radical (unpaired) electrons. The summed E-state index contributed by atoms with van der Waals surface area (Å²) in [7, 11) is 0. The Balaban J connectivity index is 1.65. The van der Waals surface area contributed by atoms with Gasteiger partial charge < -0.3 is 0 Å². The Kier molecular flexibility index (Phi) is 4.68. The second kappa shape index (κ2) is 7.06. The van der Waals surface area contributed by atoms with Gasteiger partial charge in [-0.3, -0.25) is 20.2 Å². The Morgan fingerprint density at radius 2 is 1.96 bits per heavy atom. The van der Waals surface area contributed by atoms with E-state index in [-0.39, 0.29) is 10.9 Å². The lowest BCUT2D eigenvalue weighted by atomic mass is 10.2. The van der Waals surface area contributed by atoms with E-state index in [0.717, 1.165) is 22.7 Å². The number of hydrogen-bond acceptors (Lipinski definition) is 8. The number of aromatic nitrogens is 2. The smallest absolute Gasteiger partial charge is 0.296 e. The molecular formula is C14H9N5O3S2. The van der Waals surface area contributed by atoms with E-state index < -0.39 is 4.92 Å². The van der Waals surface area contributed by atoms with E-state index in [0.29, 0.717) is 20.7 Å². The number of carbonyl (C=O) groups excluding carboxylic acids is 1. The second-order valence-electron chi connectivity index (χ2n) is 4.40. The molecule has 1 N–H and O–H groups in total. The first-order valence-electron chi connectivity index (χ1n) is 6.60. The predicted molar refractivity (Wildman–Crippen MR) is 92.5 cm³/mol. The van der Waals surface area contributed by atoms with Gasteiger partial charge in [-0.15, -0.1) is 10.2 Å². The van der Waals surface area contributed by atoms with Crippen LogP contribution in [0.2, 0.25) is 0 Å². The number of carbonyl (C=O) groups is 1. The third-order valence-electron chi connectivity index (χ3n) is 2.77. The summed E-state index contributed by atoms with van der Waals surface area (Å²) >= 11 is 2.12. The lowest BCUT2D eigenvalue weighted by Crippen LogP contribution is -2.11. The number of amides is 1. The average Bonchev–Trinajstić information content (AvgIpc) is 3.23. The minimum absolute atomic E-state index is 0.0459. The molecule has 2 aromatic heterocycles. The van der Waals surface area contributed by atoms with Crippen LogP contribution < -0.4 is 5.32 Å². The van der Waals surface area contributed by atoms with Gasteiger partial charge in [-0.05, 0) is 18.2 Å². The van der Waals surface area contributed by atoms with Crippen LogP contribution in [0.25, 0.3) is 0 Å². The predicted octanol–water partition coefficient (Wildman–Crippen LogP) is 3.51. The molecule has 3 aromatic rings. The molecule has 1 amide bonds. The molecule has 0 spiro atoms. The second-order valence-corrected chi connectivity index (χ2v) is 6.45. The fourth-order valence-corrected chi connectivity index (χ4v) is 2.98. The number of thiophene rings is 1. The Bertz CT molecular complexity index is 904. The third kappa shape index (κ3) is 3.86. The van der Waals surface area contributed by atoms with Gasteiger partial charge in [0.2, 0.25) is 10.3 Å². The van der Waals surface area contributed by atoms with Crippen molar-refractivity contribution in [1.29, 1.82) is 0 Å². The summed E-state index contributed by atoms with van der Waals surface area (Å²) in [5, 5.41) is 21.7. The molecule has 0 aliphatic rings. The molecule has 8 nitrogen and oxygen atoms in total. The van der Waals surface area contributed by atoms with E-state index in [2.05, 4.69) is 20.5 Å². The van der Waals surface area contributed by atoms with Crippen LogP contribution in [0.15, 0.2) is 47.5 Å². The van der Waals surface area contributed by atoms with Crippen LogP contribution in [0.1, 0.15) is 15.2 Å². The van der Waals surface area contributed by atoms with Gasteiger partial charge in [0.15, 0.2) is 0 Å². The van der Waals surface area contributed by atoms with E-state index in [4.69, 9.17) is 0 Å². The standard InChI is InChI=1S/C14H9N5O3S2/c20-12(9-4-2-1-3-5-9)16-14-18-17-13(24-14)15-8-10-6-7-11(23-10)19(21)22/h1-8H,(H,16,18,20)/b15-8+. The number of nitrogens with one attached hydrogen (secondary N) is 1. The topological polar surface area (TPSA) is 110 Å². The van der Waals surface area contributed by atoms with Crippen LogP contribution in [0.4, 0.5) is 15.3 Å². The van der Waals surface area contributed by atoms with Crippen LogP contribution in [-0.4, -0.2) is 27.2 Å². The summed E-state index contributed by atoms with van der Waals surface area (Å²) in [4.78, 5) is 26.9. The summed E-state index contributed by atoms with van der Waals surface area (Å²) in [6.07, 6.45) is 1.47. The van der Waals surface area contributed by atoms with Crippen molar-refractivity contribution in [2.45, 2.75) is 0 Å². The van der Waals surface area contributed by atoms with Gasteiger partial charge in [0.25, 0.3) is 5.91 Å². The molecule has 0 fully saturated rings. The van der Waals surface area contributed by atoms with Crippen LogP contribution in [0.5, 0.6) is 0 Å². The zero-order valence-corrected chi connectivity index (χ0v) is 13.6. The Morgan fingerprint density at radius 1 is 1.17 bits per heavy atom. The number of anilines is 1. The molecule has 3 rings (SSSR count). The number of rotatable bonds is 5. The molecule has 120 valence electrons. The summed E-state index contributed by atoms with van der Waals surface area (Å²) < 4.78 is 0. The van der Waals surface area contributed by atoms with E-state index in [1.165, 1.54) is 12.3 Å². The molecular weight excluding hydrogens is 350 g/mol. The highest BCUT2D eigenvalue weighted by molar-refractivity contribution is 7.19. The zero-order chi connectivity index (χ0) is 16.9. The Hall–Kier alpha value is -2.98. The lowest BCUT2D eigenvalue weighted by molar-refractivity contribution is -0.380. The third-order valence-corrected chi connectivity index (χ3v) is 4.48. The van der Waals surface area contributed by atoms with Gasteiger partial charge in [0.1, 0.15) is 0 Å². The van der Waals surface area contributed by atoms with Crippen molar-refractivity contribution in [2.24, 2.45) is 4.99 Å². The van der Waals surface area contributed by atoms with Gasteiger partial charge in [-0.1, -0.05) is 40.9 Å². The van der Waals surface area contributed by atoms with E-state index in [1.807, 2.05) is 6.07 Å². The molecule has 0 aliphatic heterocycles. The summed E-state index contributed by atoms with van der Waals surface area (Å²) in [6, 6.07) is 11.8. The first-order valence-corrected chi connectivity index (χ1v) is 8.23. The molecule has 0 saturated heterocycles. The summed E-state index contributed by atoms with van der Waals surface area (Å²) in [6.45, 7) is 0. The van der Waals surface area contributed by atoms with Gasteiger partial charge in [-0.2, -0.15) is 0 Å². The van der Waals surface area contributed by atoms with Gasteiger partial charge >= 0.3 is 5.00 Å². The monoisotopic (exact) mass is 359 g/mol. The molecule has 10 heteroatoms. The quantitative estimate of drug-likeness (QED) is 0.426. The largest absolute Gasteiger partial charge is 0.324 e. The average molecular weight is 359 g/mol. The molecule has 0 bridgehead atoms. The Morgan fingerprint density at radius 3 is 2.67 bits per heavy atom. The maximum Gasteiger partial charge on any atom is 0.324 e. The first kappa shape index (κ1) is 15.9. The minimum Gasteiger partial charge on any atom is -0.296 e. The fourth-order valence-electron chi connectivity index (χ4n) is 1.71. The highest BCUT2D eigenvalue weighted by Crippen LogP contribution is 2.25. The molecule has 0 saturated carbocycles. The zero-order valence-electron chi connectivity index (χ0n) is 11.9. The molecule has 1 aromatic carbocycles. The van der Waals surface area contributed by atoms with Crippen molar-refractivity contribution in [3.8, 4) is 0 Å². The van der Waals surface area contributed by atoms with Gasteiger partial charge in [0, 0.05) is 17.8 Å². The van der Waals surface area contributed by atoms with Gasteiger partial charge in [0.05, 0.1) is 9.80 Å². The Labute approximate surface area is 143 Å². The first-order chi connectivity index (χ1) is 11.6. The van der Waals surface area contributed by atoms with Crippen LogP contribution in [0.3, 0.4) is 0 Å². The molecule has 0 aliphatic carbocycles. The van der Waals surface area contributed by atoms with Crippen molar-refractivity contribution in [3.63, 3.8) is 0 Å². The van der Waals surface area contributed by atoms with Gasteiger partial charge in [-0.25, -0.2) is 4.99 Å². The minimum atomic E-state index is -0.454.